The van der Waals surface area contributed by atoms with Crippen LogP contribution in [0.15, 0.2) is 36.4 Å². The second-order valence-corrected chi connectivity index (χ2v) is 6.29. The SMILES string of the molecule is CC(C)c1ccc(N2Cc3cc4c(cc3C2=O)OCCO4)cc1. The Bertz CT molecular complexity index is 765. The van der Waals surface area contributed by atoms with Gasteiger partial charge in [-0.25, -0.2) is 0 Å². The van der Waals surface area contributed by atoms with E-state index in [1.807, 2.05) is 24.3 Å². The summed E-state index contributed by atoms with van der Waals surface area (Å²) in [6.07, 6.45) is 0. The number of benzene rings is 2. The number of fused-ring (bicyclic) bond motifs is 2. The molecule has 0 fully saturated rings. The lowest BCUT2D eigenvalue weighted by Gasteiger charge is -2.18. The fourth-order valence-corrected chi connectivity index (χ4v) is 3.10. The van der Waals surface area contributed by atoms with Gasteiger partial charge in [-0.15, -0.1) is 0 Å². The number of amides is 1. The highest BCUT2D eigenvalue weighted by Gasteiger charge is 2.31. The quantitative estimate of drug-likeness (QED) is 0.848. The van der Waals surface area contributed by atoms with Gasteiger partial charge >= 0.3 is 0 Å². The number of carbonyl (C=O) groups is 1. The molecule has 0 spiro atoms. The number of carbonyl (C=O) groups excluding carboxylic acids is 1. The van der Waals surface area contributed by atoms with Crippen LogP contribution < -0.4 is 14.4 Å². The summed E-state index contributed by atoms with van der Waals surface area (Å²) in [5.41, 5.74) is 3.90. The molecule has 4 nitrogen and oxygen atoms in total. The molecular formula is C19H19NO3. The van der Waals surface area contributed by atoms with Gasteiger partial charge in [0.1, 0.15) is 13.2 Å². The summed E-state index contributed by atoms with van der Waals surface area (Å²) in [5.74, 6) is 1.91. The van der Waals surface area contributed by atoms with Gasteiger partial charge in [0, 0.05) is 11.3 Å². The van der Waals surface area contributed by atoms with E-state index < -0.39 is 0 Å². The van der Waals surface area contributed by atoms with Crippen LogP contribution in [-0.2, 0) is 6.54 Å². The number of ether oxygens (including phenoxy) is 2. The molecule has 0 unspecified atom stereocenters. The first-order valence-corrected chi connectivity index (χ1v) is 7.98. The summed E-state index contributed by atoms with van der Waals surface area (Å²) in [6.45, 7) is 5.99. The molecule has 0 aromatic heterocycles. The summed E-state index contributed by atoms with van der Waals surface area (Å²) in [5, 5.41) is 0. The average Bonchev–Trinajstić information content (AvgIpc) is 2.89. The van der Waals surface area contributed by atoms with Gasteiger partial charge in [-0.3, -0.25) is 4.79 Å². The van der Waals surface area contributed by atoms with Crippen LogP contribution in [0, 0.1) is 0 Å². The molecule has 4 heteroatoms. The van der Waals surface area contributed by atoms with Crippen molar-refractivity contribution in [1.29, 1.82) is 0 Å². The molecule has 0 aliphatic carbocycles. The highest BCUT2D eigenvalue weighted by Crippen LogP contribution is 2.38. The molecule has 23 heavy (non-hydrogen) atoms. The lowest BCUT2D eigenvalue weighted by atomic mass is 10.0. The maximum atomic E-state index is 12.7. The van der Waals surface area contributed by atoms with Crippen molar-refractivity contribution in [2.45, 2.75) is 26.3 Å². The smallest absolute Gasteiger partial charge is 0.259 e. The Morgan fingerprint density at radius 1 is 1.00 bits per heavy atom. The number of hydrogen-bond acceptors (Lipinski definition) is 3. The first-order chi connectivity index (χ1) is 11.1. The molecule has 118 valence electrons. The van der Waals surface area contributed by atoms with E-state index in [4.69, 9.17) is 9.47 Å². The lowest BCUT2D eigenvalue weighted by Crippen LogP contribution is -2.22. The zero-order valence-electron chi connectivity index (χ0n) is 13.3. The molecule has 2 aromatic rings. The van der Waals surface area contributed by atoms with Gasteiger partial charge in [-0.2, -0.15) is 0 Å². The summed E-state index contributed by atoms with van der Waals surface area (Å²) in [4.78, 5) is 14.5. The van der Waals surface area contributed by atoms with Crippen LogP contribution in [-0.4, -0.2) is 19.1 Å². The van der Waals surface area contributed by atoms with E-state index in [1.165, 1.54) is 5.56 Å². The van der Waals surface area contributed by atoms with E-state index in [2.05, 4.69) is 26.0 Å². The molecule has 2 aliphatic rings. The van der Waals surface area contributed by atoms with Gasteiger partial charge in [0.05, 0.1) is 6.54 Å². The lowest BCUT2D eigenvalue weighted by molar-refractivity contribution is 0.0996. The van der Waals surface area contributed by atoms with Crippen LogP contribution in [0.3, 0.4) is 0 Å². The van der Waals surface area contributed by atoms with Gasteiger partial charge in [0.2, 0.25) is 0 Å². The third-order valence-electron chi connectivity index (χ3n) is 4.44. The second-order valence-electron chi connectivity index (χ2n) is 6.29. The van der Waals surface area contributed by atoms with E-state index in [0.29, 0.717) is 37.0 Å². The first kappa shape index (κ1) is 14.1. The second kappa shape index (κ2) is 5.30. The number of hydrogen-bond donors (Lipinski definition) is 0. The fourth-order valence-electron chi connectivity index (χ4n) is 3.10. The van der Waals surface area contributed by atoms with Crippen molar-refractivity contribution in [3.8, 4) is 11.5 Å². The minimum Gasteiger partial charge on any atom is -0.486 e. The fraction of sp³-hybridized carbons (Fsp3) is 0.316. The van der Waals surface area contributed by atoms with Crippen LogP contribution in [0.5, 0.6) is 11.5 Å². The minimum atomic E-state index is 0.0225. The van der Waals surface area contributed by atoms with Crippen molar-refractivity contribution >= 4 is 11.6 Å². The van der Waals surface area contributed by atoms with Crippen molar-refractivity contribution in [2.24, 2.45) is 0 Å². The van der Waals surface area contributed by atoms with Crippen molar-refractivity contribution in [1.82, 2.24) is 0 Å². The number of nitrogens with zero attached hydrogens (tertiary/aromatic N) is 1. The topological polar surface area (TPSA) is 38.8 Å². The molecule has 0 radical (unpaired) electrons. The van der Waals surface area contributed by atoms with Crippen molar-refractivity contribution in [3.63, 3.8) is 0 Å². The van der Waals surface area contributed by atoms with Crippen LogP contribution in [0.4, 0.5) is 5.69 Å². The third kappa shape index (κ3) is 2.34. The maximum Gasteiger partial charge on any atom is 0.259 e. The molecule has 0 saturated carbocycles. The Balaban J connectivity index is 1.66. The Hall–Kier alpha value is -2.49. The standard InChI is InChI=1S/C19H19NO3/c1-12(2)13-3-5-15(6-4-13)20-11-14-9-17-18(23-8-7-22-17)10-16(14)19(20)21/h3-6,9-10,12H,7-8,11H2,1-2H3. The van der Waals surface area contributed by atoms with Gasteiger partial charge in [0.15, 0.2) is 11.5 Å². The van der Waals surface area contributed by atoms with E-state index in [-0.39, 0.29) is 5.91 Å². The highest BCUT2D eigenvalue weighted by molar-refractivity contribution is 6.10. The Morgan fingerprint density at radius 2 is 1.65 bits per heavy atom. The normalized spacial score (nSPS) is 16.0. The molecule has 0 atom stereocenters. The van der Waals surface area contributed by atoms with E-state index >= 15 is 0 Å². The Morgan fingerprint density at radius 3 is 2.30 bits per heavy atom. The predicted octanol–water partition coefficient (Wildman–Crippen LogP) is 3.74. The summed E-state index contributed by atoms with van der Waals surface area (Å²) < 4.78 is 11.2. The summed E-state index contributed by atoms with van der Waals surface area (Å²) in [6, 6.07) is 12.0. The van der Waals surface area contributed by atoms with Crippen molar-refractivity contribution in [2.75, 3.05) is 18.1 Å². The minimum absolute atomic E-state index is 0.0225. The van der Waals surface area contributed by atoms with E-state index in [9.17, 15) is 4.79 Å². The molecule has 2 aromatic carbocycles. The molecule has 2 aliphatic heterocycles. The van der Waals surface area contributed by atoms with Crippen LogP contribution in [0.2, 0.25) is 0 Å². The molecular weight excluding hydrogens is 290 g/mol. The van der Waals surface area contributed by atoms with Crippen LogP contribution >= 0.6 is 0 Å². The molecule has 0 bridgehead atoms. The van der Waals surface area contributed by atoms with Gasteiger partial charge in [0.25, 0.3) is 5.91 Å². The predicted molar refractivity (Wildman–Crippen MR) is 88.5 cm³/mol. The van der Waals surface area contributed by atoms with E-state index in [1.54, 1.807) is 4.90 Å². The van der Waals surface area contributed by atoms with Gasteiger partial charge in [-0.05, 0) is 41.3 Å². The monoisotopic (exact) mass is 309 g/mol. The summed E-state index contributed by atoms with van der Waals surface area (Å²) in [7, 11) is 0. The Labute approximate surface area is 135 Å². The zero-order valence-corrected chi connectivity index (χ0v) is 13.3. The zero-order chi connectivity index (χ0) is 16.0. The maximum absolute atomic E-state index is 12.7. The van der Waals surface area contributed by atoms with Crippen molar-refractivity contribution in [3.05, 3.63) is 53.1 Å². The van der Waals surface area contributed by atoms with E-state index in [0.717, 1.165) is 17.0 Å². The largest absolute Gasteiger partial charge is 0.486 e. The molecule has 1 amide bonds. The molecule has 0 N–H and O–H groups in total. The van der Waals surface area contributed by atoms with Gasteiger partial charge in [-0.1, -0.05) is 26.0 Å². The van der Waals surface area contributed by atoms with Crippen LogP contribution in [0.25, 0.3) is 0 Å². The van der Waals surface area contributed by atoms with Crippen LogP contribution in [0.1, 0.15) is 41.3 Å². The van der Waals surface area contributed by atoms with Crippen molar-refractivity contribution < 1.29 is 14.3 Å². The molecule has 2 heterocycles. The summed E-state index contributed by atoms with van der Waals surface area (Å²) >= 11 is 0. The third-order valence-corrected chi connectivity index (χ3v) is 4.44. The highest BCUT2D eigenvalue weighted by atomic mass is 16.6. The Kier molecular flexibility index (Phi) is 3.26. The molecule has 0 saturated heterocycles. The number of anilines is 1. The first-order valence-electron chi connectivity index (χ1n) is 7.98. The number of rotatable bonds is 2. The average molecular weight is 309 g/mol. The molecule has 4 rings (SSSR count). The van der Waals surface area contributed by atoms with Gasteiger partial charge < -0.3 is 14.4 Å².